The topological polar surface area (TPSA) is 59.8 Å². The highest BCUT2D eigenvalue weighted by atomic mass is 35.5. The van der Waals surface area contributed by atoms with Gasteiger partial charge in [0.1, 0.15) is 0 Å². The number of hydrogen-bond acceptors (Lipinski definition) is 3. The maximum absolute atomic E-state index is 11.9. The smallest absolute Gasteiger partial charge is 0.259 e. The Labute approximate surface area is 103 Å². The van der Waals surface area contributed by atoms with Crippen molar-refractivity contribution in [1.29, 1.82) is 0 Å². The summed E-state index contributed by atoms with van der Waals surface area (Å²) in [6.07, 6.45) is 4.73. The monoisotopic (exact) mass is 250 g/mol. The van der Waals surface area contributed by atoms with E-state index in [0.29, 0.717) is 22.0 Å². The highest BCUT2D eigenvalue weighted by Gasteiger charge is 2.13. The number of carbonyl (C=O) groups excluding carboxylic acids is 1. The van der Waals surface area contributed by atoms with Crippen molar-refractivity contribution in [2.45, 2.75) is 6.92 Å². The maximum Gasteiger partial charge on any atom is 0.259 e. The van der Waals surface area contributed by atoms with Crippen LogP contribution in [0.3, 0.4) is 0 Å². The van der Waals surface area contributed by atoms with Gasteiger partial charge in [-0.2, -0.15) is 5.10 Å². The van der Waals surface area contributed by atoms with Crippen LogP contribution in [0, 0.1) is 6.92 Å². The van der Waals surface area contributed by atoms with Crippen LogP contribution < -0.4 is 5.32 Å². The molecular weight excluding hydrogens is 240 g/mol. The first-order valence-corrected chi connectivity index (χ1v) is 5.37. The maximum atomic E-state index is 11.9. The minimum atomic E-state index is -0.245. The second kappa shape index (κ2) is 4.55. The predicted molar refractivity (Wildman–Crippen MR) is 65.1 cm³/mol. The lowest BCUT2D eigenvalue weighted by Crippen LogP contribution is -2.12. The first-order chi connectivity index (χ1) is 8.08. The molecule has 0 radical (unpaired) electrons. The van der Waals surface area contributed by atoms with Gasteiger partial charge < -0.3 is 5.32 Å². The molecule has 17 heavy (non-hydrogen) atoms. The quantitative estimate of drug-likeness (QED) is 0.887. The summed E-state index contributed by atoms with van der Waals surface area (Å²) in [6.45, 7) is 1.78. The fraction of sp³-hybridized carbons (Fsp3) is 0.182. The number of amides is 1. The molecule has 0 atom stereocenters. The summed E-state index contributed by atoms with van der Waals surface area (Å²) in [5.74, 6) is -0.245. The third-order valence-corrected chi connectivity index (χ3v) is 2.60. The zero-order valence-corrected chi connectivity index (χ0v) is 10.2. The Kier molecular flexibility index (Phi) is 3.10. The molecule has 0 bridgehead atoms. The summed E-state index contributed by atoms with van der Waals surface area (Å²) in [6, 6.07) is 1.62. The van der Waals surface area contributed by atoms with Crippen LogP contribution in [0.15, 0.2) is 24.7 Å². The van der Waals surface area contributed by atoms with Crippen molar-refractivity contribution in [1.82, 2.24) is 14.8 Å². The lowest BCUT2D eigenvalue weighted by Gasteiger charge is -2.05. The lowest BCUT2D eigenvalue weighted by atomic mass is 10.2. The summed E-state index contributed by atoms with van der Waals surface area (Å²) in [4.78, 5) is 15.8. The van der Waals surface area contributed by atoms with E-state index in [2.05, 4.69) is 15.4 Å². The minimum Gasteiger partial charge on any atom is -0.319 e. The van der Waals surface area contributed by atoms with Gasteiger partial charge in [0, 0.05) is 19.4 Å². The number of nitrogens with one attached hydrogen (secondary N) is 1. The second-order valence-corrected chi connectivity index (χ2v) is 4.02. The van der Waals surface area contributed by atoms with Crippen LogP contribution in [0.4, 0.5) is 5.69 Å². The zero-order valence-electron chi connectivity index (χ0n) is 9.44. The van der Waals surface area contributed by atoms with E-state index in [-0.39, 0.29) is 5.91 Å². The van der Waals surface area contributed by atoms with Crippen LogP contribution in [0.2, 0.25) is 5.02 Å². The molecule has 5 nitrogen and oxygen atoms in total. The molecule has 2 aromatic rings. The van der Waals surface area contributed by atoms with Gasteiger partial charge in [-0.05, 0) is 13.0 Å². The fourth-order valence-electron chi connectivity index (χ4n) is 1.48. The van der Waals surface area contributed by atoms with E-state index in [4.69, 9.17) is 11.6 Å². The Morgan fingerprint density at radius 3 is 2.88 bits per heavy atom. The fourth-order valence-corrected chi connectivity index (χ4v) is 1.63. The molecule has 1 N–H and O–H groups in total. The summed E-state index contributed by atoms with van der Waals surface area (Å²) in [7, 11) is 1.76. The molecule has 0 saturated carbocycles. The Balaban J connectivity index is 2.23. The van der Waals surface area contributed by atoms with Gasteiger partial charge in [0.2, 0.25) is 0 Å². The van der Waals surface area contributed by atoms with Gasteiger partial charge in [-0.3, -0.25) is 14.5 Å². The molecule has 2 heterocycles. The van der Waals surface area contributed by atoms with Gasteiger partial charge in [0.05, 0.1) is 28.2 Å². The first kappa shape index (κ1) is 11.6. The van der Waals surface area contributed by atoms with E-state index in [1.165, 1.54) is 6.20 Å². The van der Waals surface area contributed by atoms with Gasteiger partial charge in [-0.1, -0.05) is 11.6 Å². The van der Waals surface area contributed by atoms with Gasteiger partial charge >= 0.3 is 0 Å². The highest BCUT2D eigenvalue weighted by molar-refractivity contribution is 6.33. The zero-order chi connectivity index (χ0) is 12.4. The second-order valence-electron chi connectivity index (χ2n) is 3.61. The number of halogens is 1. The largest absolute Gasteiger partial charge is 0.319 e. The summed E-state index contributed by atoms with van der Waals surface area (Å²) < 4.78 is 1.59. The van der Waals surface area contributed by atoms with E-state index in [1.54, 1.807) is 37.1 Å². The number of aryl methyl sites for hydroxylation is 2. The molecule has 0 aliphatic carbocycles. The summed E-state index contributed by atoms with van der Waals surface area (Å²) >= 11 is 5.93. The Morgan fingerprint density at radius 1 is 1.53 bits per heavy atom. The molecule has 2 aromatic heterocycles. The number of pyridine rings is 1. The van der Waals surface area contributed by atoms with Crippen LogP contribution in [0.5, 0.6) is 0 Å². The molecule has 2 rings (SSSR count). The van der Waals surface area contributed by atoms with E-state index >= 15 is 0 Å². The molecule has 0 spiro atoms. The number of rotatable bonds is 2. The molecule has 0 aliphatic heterocycles. The lowest BCUT2D eigenvalue weighted by molar-refractivity contribution is 0.102. The highest BCUT2D eigenvalue weighted by Crippen LogP contribution is 2.20. The molecule has 0 saturated heterocycles. The van der Waals surface area contributed by atoms with Gasteiger partial charge in [-0.25, -0.2) is 0 Å². The molecule has 0 aromatic carbocycles. The third kappa shape index (κ3) is 2.45. The van der Waals surface area contributed by atoms with Crippen molar-refractivity contribution >= 4 is 23.2 Å². The minimum absolute atomic E-state index is 0.245. The van der Waals surface area contributed by atoms with Crippen LogP contribution in [-0.4, -0.2) is 20.7 Å². The van der Waals surface area contributed by atoms with Crippen LogP contribution >= 0.6 is 11.6 Å². The van der Waals surface area contributed by atoms with E-state index in [1.807, 2.05) is 0 Å². The molecule has 1 amide bonds. The SMILES string of the molecule is Cc1nn(C)cc1C(=O)Nc1cnccc1Cl. The molecule has 88 valence electrons. The Hall–Kier alpha value is -1.88. The molecule has 0 unspecified atom stereocenters. The van der Waals surface area contributed by atoms with Crippen molar-refractivity contribution in [3.63, 3.8) is 0 Å². The van der Waals surface area contributed by atoms with Gasteiger partial charge in [0.25, 0.3) is 5.91 Å². The van der Waals surface area contributed by atoms with Crippen molar-refractivity contribution in [3.8, 4) is 0 Å². The van der Waals surface area contributed by atoms with Crippen molar-refractivity contribution in [2.75, 3.05) is 5.32 Å². The molecule has 0 aliphatic rings. The molecule has 6 heteroatoms. The van der Waals surface area contributed by atoms with Crippen molar-refractivity contribution < 1.29 is 4.79 Å². The van der Waals surface area contributed by atoms with Crippen molar-refractivity contribution in [2.24, 2.45) is 7.05 Å². The normalized spacial score (nSPS) is 10.3. The van der Waals surface area contributed by atoms with Gasteiger partial charge in [0.15, 0.2) is 0 Å². The number of carbonyl (C=O) groups is 1. The number of hydrogen-bond donors (Lipinski definition) is 1. The molecular formula is C11H11ClN4O. The van der Waals surface area contributed by atoms with Crippen molar-refractivity contribution in [3.05, 3.63) is 40.9 Å². The average molecular weight is 251 g/mol. The average Bonchev–Trinajstić information content (AvgIpc) is 2.61. The number of nitrogens with zero attached hydrogens (tertiary/aromatic N) is 3. The standard InChI is InChI=1S/C11H11ClN4O/c1-7-8(6-16(2)15-7)11(17)14-10-5-13-4-3-9(10)12/h3-6H,1-2H3,(H,14,17). The summed E-state index contributed by atoms with van der Waals surface area (Å²) in [5.41, 5.74) is 1.68. The first-order valence-electron chi connectivity index (χ1n) is 4.99. The van der Waals surface area contributed by atoms with E-state index in [9.17, 15) is 4.79 Å². The van der Waals surface area contributed by atoms with Gasteiger partial charge in [-0.15, -0.1) is 0 Å². The van der Waals surface area contributed by atoms with E-state index in [0.717, 1.165) is 0 Å². The Bertz CT molecular complexity index is 564. The molecule has 0 fully saturated rings. The van der Waals surface area contributed by atoms with Crippen LogP contribution in [-0.2, 0) is 7.05 Å². The van der Waals surface area contributed by atoms with Crippen LogP contribution in [0.1, 0.15) is 16.1 Å². The Morgan fingerprint density at radius 2 is 2.29 bits per heavy atom. The number of anilines is 1. The number of aromatic nitrogens is 3. The summed E-state index contributed by atoms with van der Waals surface area (Å²) in [5, 5.41) is 7.25. The predicted octanol–water partition coefficient (Wildman–Crippen LogP) is 2.03. The van der Waals surface area contributed by atoms with E-state index < -0.39 is 0 Å². The third-order valence-electron chi connectivity index (χ3n) is 2.27. The van der Waals surface area contributed by atoms with Crippen LogP contribution in [0.25, 0.3) is 0 Å².